The third kappa shape index (κ3) is 2.12. The lowest BCUT2D eigenvalue weighted by Crippen LogP contribution is -2.04. The average molecular weight is 232 g/mol. The fourth-order valence-corrected chi connectivity index (χ4v) is 1.84. The number of aldehydes is 1. The largest absolute Gasteiger partial charge is 0.302 e. The number of nitrogens with zero attached hydrogens (tertiary/aromatic N) is 1. The number of pyridine rings is 1. The summed E-state index contributed by atoms with van der Waals surface area (Å²) in [5.41, 5.74) is 1.50. The number of benzene rings is 1. The molecule has 0 fully saturated rings. The second kappa shape index (κ2) is 4.90. The number of aromatic nitrogens is 1. The van der Waals surface area contributed by atoms with Crippen LogP contribution in [-0.4, -0.2) is 11.3 Å². The molecule has 1 aromatic heterocycles. The van der Waals surface area contributed by atoms with Gasteiger partial charge in [0.1, 0.15) is 6.29 Å². The van der Waals surface area contributed by atoms with E-state index in [-0.39, 0.29) is 0 Å². The van der Waals surface area contributed by atoms with Crippen molar-refractivity contribution in [1.82, 2.24) is 4.98 Å². The van der Waals surface area contributed by atoms with Crippen molar-refractivity contribution in [3.8, 4) is 0 Å². The molecule has 0 saturated heterocycles. The maximum Gasteiger partial charge on any atom is 0.133 e. The van der Waals surface area contributed by atoms with Gasteiger partial charge >= 0.3 is 0 Å². The summed E-state index contributed by atoms with van der Waals surface area (Å²) in [6.07, 6.45) is 2.53. The second-order valence-corrected chi connectivity index (χ2v) is 3.80. The first-order valence-electron chi connectivity index (χ1n) is 4.93. The minimum atomic E-state index is -0.394. The zero-order valence-corrected chi connectivity index (χ0v) is 9.26. The third-order valence-electron chi connectivity index (χ3n) is 2.38. The monoisotopic (exact) mass is 231 g/mol. The number of carbonyl (C=O) groups is 1. The summed E-state index contributed by atoms with van der Waals surface area (Å²) in [6.45, 7) is 0. The van der Waals surface area contributed by atoms with Crippen molar-refractivity contribution in [3.63, 3.8) is 0 Å². The van der Waals surface area contributed by atoms with Crippen molar-refractivity contribution < 1.29 is 4.79 Å². The molecule has 2 rings (SSSR count). The van der Waals surface area contributed by atoms with Crippen LogP contribution in [0.2, 0.25) is 5.02 Å². The van der Waals surface area contributed by atoms with E-state index >= 15 is 0 Å². The summed E-state index contributed by atoms with van der Waals surface area (Å²) in [7, 11) is 0. The zero-order chi connectivity index (χ0) is 11.4. The molecule has 0 aliphatic carbocycles. The molecule has 1 heterocycles. The van der Waals surface area contributed by atoms with Crippen molar-refractivity contribution >= 4 is 17.9 Å². The number of hydrogen-bond donors (Lipinski definition) is 0. The summed E-state index contributed by atoms with van der Waals surface area (Å²) in [6, 6.07) is 12.8. The molecule has 0 radical (unpaired) electrons. The van der Waals surface area contributed by atoms with E-state index in [2.05, 4.69) is 4.98 Å². The Morgan fingerprint density at radius 1 is 1.12 bits per heavy atom. The Bertz CT molecular complexity index is 484. The SMILES string of the molecule is O=CC(c1ccccn1)c1ccccc1Cl. The molecule has 0 saturated carbocycles. The minimum Gasteiger partial charge on any atom is -0.302 e. The molecule has 2 aromatic rings. The molecule has 0 amide bonds. The highest BCUT2D eigenvalue weighted by molar-refractivity contribution is 6.31. The molecule has 0 spiro atoms. The lowest BCUT2D eigenvalue weighted by molar-refractivity contribution is -0.108. The van der Waals surface area contributed by atoms with Crippen LogP contribution in [0.15, 0.2) is 48.7 Å². The average Bonchev–Trinajstić information content (AvgIpc) is 2.34. The normalized spacial score (nSPS) is 12.1. The second-order valence-electron chi connectivity index (χ2n) is 3.39. The molecule has 16 heavy (non-hydrogen) atoms. The van der Waals surface area contributed by atoms with Gasteiger partial charge in [0.05, 0.1) is 11.6 Å². The van der Waals surface area contributed by atoms with Gasteiger partial charge in [0, 0.05) is 11.2 Å². The molecule has 0 aliphatic rings. The molecule has 3 heteroatoms. The molecule has 80 valence electrons. The van der Waals surface area contributed by atoms with Crippen molar-refractivity contribution in [2.45, 2.75) is 5.92 Å². The summed E-state index contributed by atoms with van der Waals surface area (Å²) in [5, 5.41) is 0.588. The number of halogens is 1. The lowest BCUT2D eigenvalue weighted by atomic mass is 9.97. The fraction of sp³-hybridized carbons (Fsp3) is 0.0769. The van der Waals surface area contributed by atoms with E-state index in [1.807, 2.05) is 36.4 Å². The van der Waals surface area contributed by atoms with Gasteiger partial charge in [-0.2, -0.15) is 0 Å². The van der Waals surface area contributed by atoms with Crippen LogP contribution in [0.25, 0.3) is 0 Å². The number of hydrogen-bond acceptors (Lipinski definition) is 2. The van der Waals surface area contributed by atoms with Crippen molar-refractivity contribution in [2.24, 2.45) is 0 Å². The predicted molar refractivity (Wildman–Crippen MR) is 63.6 cm³/mol. The van der Waals surface area contributed by atoms with E-state index in [1.165, 1.54) is 0 Å². The molecular weight excluding hydrogens is 222 g/mol. The number of rotatable bonds is 3. The van der Waals surface area contributed by atoms with Gasteiger partial charge in [0.25, 0.3) is 0 Å². The molecule has 2 nitrogen and oxygen atoms in total. The quantitative estimate of drug-likeness (QED) is 0.760. The number of carbonyl (C=O) groups excluding carboxylic acids is 1. The van der Waals surface area contributed by atoms with Crippen molar-refractivity contribution in [3.05, 3.63) is 64.9 Å². The van der Waals surface area contributed by atoms with E-state index in [0.29, 0.717) is 10.7 Å². The first-order valence-corrected chi connectivity index (χ1v) is 5.31. The standard InChI is InChI=1S/C13H10ClNO/c14-12-6-2-1-5-10(12)11(9-16)13-7-3-4-8-15-13/h1-9,11H. The van der Waals surface area contributed by atoms with Crippen LogP contribution in [0.3, 0.4) is 0 Å². The minimum absolute atomic E-state index is 0.394. The van der Waals surface area contributed by atoms with Gasteiger partial charge in [-0.3, -0.25) is 4.98 Å². The molecule has 1 aromatic carbocycles. The van der Waals surface area contributed by atoms with Gasteiger partial charge in [0.2, 0.25) is 0 Å². The smallest absolute Gasteiger partial charge is 0.133 e. The Morgan fingerprint density at radius 3 is 2.50 bits per heavy atom. The van der Waals surface area contributed by atoms with E-state index in [1.54, 1.807) is 12.3 Å². The van der Waals surface area contributed by atoms with Crippen LogP contribution < -0.4 is 0 Å². The highest BCUT2D eigenvalue weighted by Crippen LogP contribution is 2.27. The van der Waals surface area contributed by atoms with Gasteiger partial charge in [-0.1, -0.05) is 35.9 Å². The lowest BCUT2D eigenvalue weighted by Gasteiger charge is -2.11. The maximum absolute atomic E-state index is 11.2. The van der Waals surface area contributed by atoms with Crippen molar-refractivity contribution in [2.75, 3.05) is 0 Å². The van der Waals surface area contributed by atoms with Crippen molar-refractivity contribution in [1.29, 1.82) is 0 Å². The Labute approximate surface area is 98.9 Å². The highest BCUT2D eigenvalue weighted by Gasteiger charge is 2.16. The zero-order valence-electron chi connectivity index (χ0n) is 8.51. The van der Waals surface area contributed by atoms with Gasteiger partial charge < -0.3 is 4.79 Å². The van der Waals surface area contributed by atoms with Crippen LogP contribution in [0.1, 0.15) is 17.2 Å². The molecular formula is C13H10ClNO. The molecule has 0 aliphatic heterocycles. The van der Waals surface area contributed by atoms with E-state index in [4.69, 9.17) is 11.6 Å². The molecule has 0 N–H and O–H groups in total. The van der Waals surface area contributed by atoms with Crippen LogP contribution >= 0.6 is 11.6 Å². The summed E-state index contributed by atoms with van der Waals surface area (Å²) in [5.74, 6) is -0.394. The van der Waals surface area contributed by atoms with Gasteiger partial charge in [0.15, 0.2) is 0 Å². The van der Waals surface area contributed by atoms with Gasteiger partial charge in [-0.05, 0) is 23.8 Å². The van der Waals surface area contributed by atoms with Crippen LogP contribution in [0.5, 0.6) is 0 Å². The van der Waals surface area contributed by atoms with Crippen LogP contribution in [0, 0.1) is 0 Å². The topological polar surface area (TPSA) is 30.0 Å². The van der Waals surface area contributed by atoms with Gasteiger partial charge in [-0.15, -0.1) is 0 Å². The van der Waals surface area contributed by atoms with Gasteiger partial charge in [-0.25, -0.2) is 0 Å². The molecule has 0 bridgehead atoms. The van der Waals surface area contributed by atoms with Crippen LogP contribution in [0.4, 0.5) is 0 Å². The summed E-state index contributed by atoms with van der Waals surface area (Å²) in [4.78, 5) is 15.3. The molecule has 1 unspecified atom stereocenters. The Morgan fingerprint density at radius 2 is 1.88 bits per heavy atom. The highest BCUT2D eigenvalue weighted by atomic mass is 35.5. The van der Waals surface area contributed by atoms with E-state index < -0.39 is 5.92 Å². The fourth-order valence-electron chi connectivity index (χ4n) is 1.59. The maximum atomic E-state index is 11.2. The predicted octanol–water partition coefficient (Wildman–Crippen LogP) is 3.07. The van der Waals surface area contributed by atoms with E-state index in [9.17, 15) is 4.79 Å². The first-order chi connectivity index (χ1) is 7.83. The summed E-state index contributed by atoms with van der Waals surface area (Å²) >= 11 is 6.06. The molecule has 1 atom stereocenters. The Hall–Kier alpha value is -1.67. The first kappa shape index (κ1) is 10.8. The Kier molecular flexibility index (Phi) is 3.32. The summed E-state index contributed by atoms with van der Waals surface area (Å²) < 4.78 is 0. The van der Waals surface area contributed by atoms with E-state index in [0.717, 1.165) is 11.8 Å². The van der Waals surface area contributed by atoms with Crippen LogP contribution in [-0.2, 0) is 4.79 Å². The Balaban J connectivity index is 2.45. The third-order valence-corrected chi connectivity index (χ3v) is 2.73.